The van der Waals surface area contributed by atoms with Crippen LogP contribution >= 0.6 is 0 Å². The summed E-state index contributed by atoms with van der Waals surface area (Å²) >= 11 is 0. The topological polar surface area (TPSA) is 32.3 Å². The molecular formula is C8H16N2O. The van der Waals surface area contributed by atoms with Gasteiger partial charge < -0.3 is 10.2 Å². The normalized spacial score (nSPS) is 25.5. The van der Waals surface area contributed by atoms with Gasteiger partial charge in [-0.15, -0.1) is 0 Å². The second kappa shape index (κ2) is 3.72. The van der Waals surface area contributed by atoms with Gasteiger partial charge in [0.1, 0.15) is 0 Å². The van der Waals surface area contributed by atoms with Gasteiger partial charge >= 0.3 is 0 Å². The number of rotatable bonds is 2. The van der Waals surface area contributed by atoms with Gasteiger partial charge in [-0.2, -0.15) is 0 Å². The average molecular weight is 156 g/mol. The maximum Gasteiger partial charge on any atom is 0.216 e. The Morgan fingerprint density at radius 3 is 2.91 bits per heavy atom. The van der Waals surface area contributed by atoms with E-state index in [2.05, 4.69) is 17.3 Å². The summed E-state index contributed by atoms with van der Waals surface area (Å²) in [4.78, 5) is 12.9. The summed E-state index contributed by atoms with van der Waals surface area (Å²) in [7, 11) is 2.11. The number of hydrogen-bond acceptors (Lipinski definition) is 2. The summed E-state index contributed by atoms with van der Waals surface area (Å²) in [5.41, 5.74) is 0. The first-order chi connectivity index (χ1) is 5.20. The van der Waals surface area contributed by atoms with Gasteiger partial charge in [0.25, 0.3) is 0 Å². The van der Waals surface area contributed by atoms with Gasteiger partial charge in [-0.3, -0.25) is 4.79 Å². The number of nitrogens with one attached hydrogen (secondary N) is 1. The Morgan fingerprint density at radius 1 is 1.73 bits per heavy atom. The minimum atomic E-state index is 0.0744. The molecule has 1 rings (SSSR count). The van der Waals surface area contributed by atoms with Gasteiger partial charge in [-0.25, -0.2) is 0 Å². The van der Waals surface area contributed by atoms with Crippen LogP contribution in [0.2, 0.25) is 0 Å². The van der Waals surface area contributed by atoms with Crippen LogP contribution in [0.1, 0.15) is 19.8 Å². The molecule has 3 heteroatoms. The molecule has 0 aromatic carbocycles. The monoisotopic (exact) mass is 156 g/mol. The summed E-state index contributed by atoms with van der Waals surface area (Å²) in [5, 5.41) is 2.84. The molecule has 0 aromatic heterocycles. The second-order valence-corrected chi connectivity index (χ2v) is 3.21. The number of hydrogen-bond donors (Lipinski definition) is 1. The lowest BCUT2D eigenvalue weighted by Crippen LogP contribution is -2.37. The van der Waals surface area contributed by atoms with E-state index in [-0.39, 0.29) is 5.91 Å². The predicted molar refractivity (Wildman–Crippen MR) is 44.3 cm³/mol. The third-order valence-electron chi connectivity index (χ3n) is 2.26. The first-order valence-corrected chi connectivity index (χ1v) is 4.15. The van der Waals surface area contributed by atoms with Crippen molar-refractivity contribution >= 4 is 5.91 Å². The van der Waals surface area contributed by atoms with Gasteiger partial charge in [0, 0.05) is 19.5 Å². The SMILES string of the molecule is CC(=O)NC[C@@H]1CCCN1C. The molecule has 64 valence electrons. The molecule has 1 heterocycles. The zero-order valence-corrected chi connectivity index (χ0v) is 7.26. The summed E-state index contributed by atoms with van der Waals surface area (Å²) in [6.07, 6.45) is 2.48. The molecule has 1 fully saturated rings. The van der Waals surface area contributed by atoms with Crippen LogP contribution < -0.4 is 5.32 Å². The molecule has 1 aliphatic rings. The molecule has 1 N–H and O–H groups in total. The standard InChI is InChI=1S/C8H16N2O/c1-7(11)9-6-8-4-3-5-10(8)2/h8H,3-6H2,1-2H3,(H,9,11)/t8-/m0/s1. The Bertz CT molecular complexity index is 147. The van der Waals surface area contributed by atoms with Gasteiger partial charge in [0.15, 0.2) is 0 Å². The lowest BCUT2D eigenvalue weighted by atomic mass is 10.2. The molecule has 0 bridgehead atoms. The largest absolute Gasteiger partial charge is 0.355 e. The number of nitrogens with zero attached hydrogens (tertiary/aromatic N) is 1. The fourth-order valence-electron chi connectivity index (χ4n) is 1.50. The maximum atomic E-state index is 10.6. The fraction of sp³-hybridized carbons (Fsp3) is 0.875. The molecule has 1 amide bonds. The van der Waals surface area contributed by atoms with E-state index in [0.29, 0.717) is 6.04 Å². The molecular weight excluding hydrogens is 140 g/mol. The van der Waals surface area contributed by atoms with Crippen molar-refractivity contribution < 1.29 is 4.79 Å². The van der Waals surface area contributed by atoms with Crippen molar-refractivity contribution in [2.24, 2.45) is 0 Å². The zero-order chi connectivity index (χ0) is 8.27. The van der Waals surface area contributed by atoms with Crippen molar-refractivity contribution in [1.29, 1.82) is 0 Å². The van der Waals surface area contributed by atoms with Crippen LogP contribution in [0.25, 0.3) is 0 Å². The molecule has 1 saturated heterocycles. The summed E-state index contributed by atoms with van der Waals surface area (Å²) in [6.45, 7) is 3.55. The Labute approximate surface area is 67.8 Å². The molecule has 0 aromatic rings. The van der Waals surface area contributed by atoms with Crippen LogP contribution in [0.3, 0.4) is 0 Å². The quantitative estimate of drug-likeness (QED) is 0.620. The minimum Gasteiger partial charge on any atom is -0.355 e. The highest BCUT2D eigenvalue weighted by molar-refractivity contribution is 5.72. The van der Waals surface area contributed by atoms with E-state index in [4.69, 9.17) is 0 Å². The van der Waals surface area contributed by atoms with Crippen molar-refractivity contribution in [2.75, 3.05) is 20.1 Å². The molecule has 0 saturated carbocycles. The van der Waals surface area contributed by atoms with E-state index in [1.807, 2.05) is 0 Å². The number of likely N-dealkylation sites (tertiary alicyclic amines) is 1. The molecule has 11 heavy (non-hydrogen) atoms. The third-order valence-corrected chi connectivity index (χ3v) is 2.26. The van der Waals surface area contributed by atoms with Crippen molar-refractivity contribution in [1.82, 2.24) is 10.2 Å². The molecule has 1 atom stereocenters. The van der Waals surface area contributed by atoms with Crippen LogP contribution in [-0.2, 0) is 4.79 Å². The van der Waals surface area contributed by atoms with Crippen molar-refractivity contribution in [3.63, 3.8) is 0 Å². The van der Waals surface area contributed by atoms with Crippen LogP contribution in [0.15, 0.2) is 0 Å². The Hall–Kier alpha value is -0.570. The van der Waals surface area contributed by atoms with E-state index in [0.717, 1.165) is 6.54 Å². The van der Waals surface area contributed by atoms with E-state index < -0.39 is 0 Å². The molecule has 0 aliphatic carbocycles. The Balaban J connectivity index is 2.20. The average Bonchev–Trinajstić information content (AvgIpc) is 2.31. The predicted octanol–water partition coefficient (Wildman–Crippen LogP) is 0.217. The van der Waals surface area contributed by atoms with Gasteiger partial charge in [-0.1, -0.05) is 0 Å². The lowest BCUT2D eigenvalue weighted by Gasteiger charge is -2.18. The van der Waals surface area contributed by atoms with Crippen LogP contribution in [-0.4, -0.2) is 37.0 Å². The molecule has 1 aliphatic heterocycles. The number of carbonyl (C=O) groups excluding carboxylic acids is 1. The van der Waals surface area contributed by atoms with Crippen molar-refractivity contribution in [2.45, 2.75) is 25.8 Å². The smallest absolute Gasteiger partial charge is 0.216 e. The fourth-order valence-corrected chi connectivity index (χ4v) is 1.50. The molecule has 0 radical (unpaired) electrons. The summed E-state index contributed by atoms with van der Waals surface area (Å²) in [5.74, 6) is 0.0744. The second-order valence-electron chi connectivity index (χ2n) is 3.21. The molecule has 0 spiro atoms. The highest BCUT2D eigenvalue weighted by Crippen LogP contribution is 2.13. The van der Waals surface area contributed by atoms with Crippen LogP contribution in [0, 0.1) is 0 Å². The number of likely N-dealkylation sites (N-methyl/N-ethyl adjacent to an activating group) is 1. The summed E-state index contributed by atoms with van der Waals surface area (Å²) in [6, 6.07) is 0.568. The van der Waals surface area contributed by atoms with Crippen molar-refractivity contribution in [3.8, 4) is 0 Å². The first kappa shape index (κ1) is 8.53. The van der Waals surface area contributed by atoms with E-state index in [9.17, 15) is 4.79 Å². The summed E-state index contributed by atoms with van der Waals surface area (Å²) < 4.78 is 0. The molecule has 3 nitrogen and oxygen atoms in total. The van der Waals surface area contributed by atoms with E-state index >= 15 is 0 Å². The van der Waals surface area contributed by atoms with E-state index in [1.165, 1.54) is 19.4 Å². The van der Waals surface area contributed by atoms with Gasteiger partial charge in [0.2, 0.25) is 5.91 Å². The van der Waals surface area contributed by atoms with Crippen LogP contribution in [0.4, 0.5) is 0 Å². The number of carbonyl (C=O) groups is 1. The molecule has 0 unspecified atom stereocenters. The Morgan fingerprint density at radius 2 is 2.45 bits per heavy atom. The van der Waals surface area contributed by atoms with Gasteiger partial charge in [0.05, 0.1) is 0 Å². The highest BCUT2D eigenvalue weighted by Gasteiger charge is 2.20. The highest BCUT2D eigenvalue weighted by atomic mass is 16.1. The zero-order valence-electron chi connectivity index (χ0n) is 7.26. The van der Waals surface area contributed by atoms with Crippen LogP contribution in [0.5, 0.6) is 0 Å². The Kier molecular flexibility index (Phi) is 2.88. The maximum absolute atomic E-state index is 10.6. The number of amides is 1. The lowest BCUT2D eigenvalue weighted by molar-refractivity contribution is -0.119. The first-order valence-electron chi connectivity index (χ1n) is 4.15. The van der Waals surface area contributed by atoms with E-state index in [1.54, 1.807) is 6.92 Å². The van der Waals surface area contributed by atoms with Gasteiger partial charge in [-0.05, 0) is 26.4 Å². The third kappa shape index (κ3) is 2.50. The van der Waals surface area contributed by atoms with Crippen molar-refractivity contribution in [3.05, 3.63) is 0 Å². The minimum absolute atomic E-state index is 0.0744.